The number of hydrogen-bond acceptors (Lipinski definition) is 7. The van der Waals surface area contributed by atoms with Crippen LogP contribution in [0, 0.1) is 0 Å². The summed E-state index contributed by atoms with van der Waals surface area (Å²) in [5.74, 6) is 0. The van der Waals surface area contributed by atoms with Gasteiger partial charge >= 0.3 is 0 Å². The van der Waals surface area contributed by atoms with E-state index >= 15 is 0 Å². The van der Waals surface area contributed by atoms with Crippen LogP contribution in [0.3, 0.4) is 0 Å². The highest BCUT2D eigenvalue weighted by molar-refractivity contribution is 8.00. The number of aromatic nitrogens is 3. The van der Waals surface area contributed by atoms with Gasteiger partial charge < -0.3 is 9.80 Å². The van der Waals surface area contributed by atoms with Crippen LogP contribution in [0.1, 0.15) is 0 Å². The van der Waals surface area contributed by atoms with Gasteiger partial charge in [0, 0.05) is 62.1 Å². The van der Waals surface area contributed by atoms with E-state index in [1.807, 2.05) is 18.3 Å². The van der Waals surface area contributed by atoms with Crippen LogP contribution in [-0.4, -0.2) is 29.0 Å². The summed E-state index contributed by atoms with van der Waals surface area (Å²) in [7, 11) is 4.27. The van der Waals surface area contributed by atoms with Crippen LogP contribution in [0.25, 0.3) is 55.9 Å². The van der Waals surface area contributed by atoms with Gasteiger partial charge in [0.1, 0.15) is 11.0 Å². The fourth-order valence-electron chi connectivity index (χ4n) is 7.26. The summed E-state index contributed by atoms with van der Waals surface area (Å²) in [5, 5.41) is 0. The Balaban J connectivity index is 1.20. The molecule has 2 aromatic heterocycles. The number of anilines is 4. The Morgan fingerprint density at radius 2 is 0.865 bits per heavy atom. The van der Waals surface area contributed by atoms with Crippen molar-refractivity contribution in [3.63, 3.8) is 0 Å². The van der Waals surface area contributed by atoms with E-state index in [1.54, 1.807) is 23.5 Å². The highest BCUT2D eigenvalue weighted by Gasteiger charge is 2.25. The van der Waals surface area contributed by atoms with Gasteiger partial charge in [-0.1, -0.05) is 121 Å². The van der Waals surface area contributed by atoms with Crippen molar-refractivity contribution in [2.24, 2.45) is 0 Å². The Morgan fingerprint density at radius 3 is 1.44 bits per heavy atom. The van der Waals surface area contributed by atoms with Crippen molar-refractivity contribution in [2.45, 2.75) is 19.6 Å². The van der Waals surface area contributed by atoms with Crippen molar-refractivity contribution in [3.8, 4) is 44.9 Å². The van der Waals surface area contributed by atoms with Crippen molar-refractivity contribution in [1.29, 1.82) is 0 Å². The van der Waals surface area contributed by atoms with Crippen LogP contribution in [-0.2, 0) is 0 Å². The van der Waals surface area contributed by atoms with Gasteiger partial charge in [0.15, 0.2) is 0 Å². The minimum absolute atomic E-state index is 0.776. The average molecular weight is 706 g/mol. The highest BCUT2D eigenvalue weighted by atomic mass is 32.2. The minimum Gasteiger partial charge on any atom is -0.343 e. The Kier molecular flexibility index (Phi) is 7.37. The molecule has 0 radical (unpaired) electrons. The topological polar surface area (TPSA) is 45.2 Å². The molecule has 0 N–H and O–H groups in total. The van der Waals surface area contributed by atoms with Crippen molar-refractivity contribution in [2.75, 3.05) is 23.9 Å². The van der Waals surface area contributed by atoms with E-state index in [4.69, 9.17) is 15.0 Å². The van der Waals surface area contributed by atoms with Crippen LogP contribution < -0.4 is 9.80 Å². The molecule has 0 bridgehead atoms. The van der Waals surface area contributed by atoms with Crippen molar-refractivity contribution >= 4 is 57.3 Å². The summed E-state index contributed by atoms with van der Waals surface area (Å²) >= 11 is 3.60. The zero-order valence-electron chi connectivity index (χ0n) is 28.5. The van der Waals surface area contributed by atoms with Crippen LogP contribution >= 0.6 is 23.5 Å². The molecule has 6 aromatic carbocycles. The lowest BCUT2D eigenvalue weighted by Crippen LogP contribution is -2.14. The standard InChI is InChI=1S/C45H31N5S2/c1-49-33-17-9-11-19-37(33)51-39-25-30(21-23-35(39)49)32-27-46-41(31-22-24-36-40(26-31)52-38-20-12-10-18-34(38)50(36)2)45-44(32)47-42(28-13-5-3-6-14-28)43(48-45)29-15-7-4-8-16-29/h3-27H,1-2H3. The molecule has 0 fully saturated rings. The maximum absolute atomic E-state index is 5.54. The molecule has 0 aliphatic carbocycles. The van der Waals surface area contributed by atoms with Gasteiger partial charge in [0.25, 0.3) is 0 Å². The summed E-state index contributed by atoms with van der Waals surface area (Å²) in [6.07, 6.45) is 1.99. The predicted octanol–water partition coefficient (Wildman–Crippen LogP) is 12.2. The van der Waals surface area contributed by atoms with Gasteiger partial charge in [0.2, 0.25) is 0 Å². The molecule has 0 saturated heterocycles. The molecule has 0 atom stereocenters. The van der Waals surface area contributed by atoms with Gasteiger partial charge in [-0.05, 0) is 54.1 Å². The second-order valence-corrected chi connectivity index (χ2v) is 15.2. The lowest BCUT2D eigenvalue weighted by Gasteiger charge is -2.30. The second kappa shape index (κ2) is 12.4. The molecule has 8 aromatic rings. The largest absolute Gasteiger partial charge is 0.343 e. The molecule has 0 unspecified atom stereocenters. The molecule has 2 aliphatic heterocycles. The average Bonchev–Trinajstić information content (AvgIpc) is 3.20. The number of nitrogens with zero attached hydrogens (tertiary/aromatic N) is 5. The summed E-state index contributed by atoms with van der Waals surface area (Å²) < 4.78 is 0. The summed E-state index contributed by atoms with van der Waals surface area (Å²) in [6, 6.07) is 51.2. The van der Waals surface area contributed by atoms with Crippen LogP contribution in [0.15, 0.2) is 171 Å². The second-order valence-electron chi connectivity index (χ2n) is 13.0. The first-order valence-corrected chi connectivity index (χ1v) is 18.9. The molecule has 248 valence electrons. The van der Waals surface area contributed by atoms with Gasteiger partial charge in [-0.2, -0.15) is 0 Å². The Hall–Kier alpha value is -5.89. The SMILES string of the molecule is CN1c2ccccc2Sc2cc(-c3cnc(-c4ccc5c(c4)Sc4ccccc4N5C)c4nc(-c5ccccc5)c(-c5ccccc5)nc34)ccc21. The van der Waals surface area contributed by atoms with E-state index in [1.165, 1.54) is 42.3 Å². The number of rotatable bonds is 4. The zero-order valence-corrected chi connectivity index (χ0v) is 30.1. The molecule has 4 heterocycles. The van der Waals surface area contributed by atoms with E-state index in [9.17, 15) is 0 Å². The predicted molar refractivity (Wildman–Crippen MR) is 216 cm³/mol. The smallest absolute Gasteiger partial charge is 0.116 e. The third kappa shape index (κ3) is 5.07. The van der Waals surface area contributed by atoms with Crippen LogP contribution in [0.5, 0.6) is 0 Å². The van der Waals surface area contributed by atoms with Crippen molar-refractivity contribution in [3.05, 3.63) is 152 Å². The van der Waals surface area contributed by atoms with Gasteiger partial charge in [0.05, 0.1) is 39.8 Å². The lowest BCUT2D eigenvalue weighted by atomic mass is 9.99. The third-order valence-electron chi connectivity index (χ3n) is 9.91. The number of hydrogen-bond donors (Lipinski definition) is 0. The molecule has 0 saturated carbocycles. The van der Waals surface area contributed by atoms with E-state index in [2.05, 4.69) is 157 Å². The van der Waals surface area contributed by atoms with E-state index in [-0.39, 0.29) is 0 Å². The first-order valence-electron chi connectivity index (χ1n) is 17.2. The van der Waals surface area contributed by atoms with Gasteiger partial charge in [-0.3, -0.25) is 4.98 Å². The first-order chi connectivity index (χ1) is 25.6. The summed E-state index contributed by atoms with van der Waals surface area (Å²) in [4.78, 5) is 25.7. The maximum Gasteiger partial charge on any atom is 0.116 e. The maximum atomic E-state index is 5.54. The van der Waals surface area contributed by atoms with Gasteiger partial charge in [-0.15, -0.1) is 0 Å². The number of pyridine rings is 1. The molecule has 2 aliphatic rings. The lowest BCUT2D eigenvalue weighted by molar-refractivity contribution is 1.11. The van der Waals surface area contributed by atoms with E-state index in [0.29, 0.717) is 0 Å². The Bertz CT molecular complexity index is 2490. The molecule has 10 rings (SSSR count). The molecular formula is C45H31N5S2. The quantitative estimate of drug-likeness (QED) is 0.181. The Labute approximate surface area is 311 Å². The monoisotopic (exact) mass is 705 g/mol. The normalized spacial score (nSPS) is 13.0. The fraction of sp³-hybridized carbons (Fsp3) is 0.0444. The summed E-state index contributed by atoms with van der Waals surface area (Å²) in [6.45, 7) is 0. The van der Waals surface area contributed by atoms with Crippen molar-refractivity contribution < 1.29 is 0 Å². The van der Waals surface area contributed by atoms with E-state index in [0.717, 1.165) is 55.9 Å². The molecule has 52 heavy (non-hydrogen) atoms. The zero-order chi connectivity index (χ0) is 34.8. The molecule has 7 heteroatoms. The third-order valence-corrected chi connectivity index (χ3v) is 12.1. The molecule has 5 nitrogen and oxygen atoms in total. The Morgan fingerprint density at radius 1 is 0.404 bits per heavy atom. The molecular weight excluding hydrogens is 675 g/mol. The molecule has 0 amide bonds. The molecule has 0 spiro atoms. The van der Waals surface area contributed by atoms with Gasteiger partial charge in [-0.25, -0.2) is 9.97 Å². The highest BCUT2D eigenvalue weighted by Crippen LogP contribution is 2.50. The van der Waals surface area contributed by atoms with Crippen molar-refractivity contribution in [1.82, 2.24) is 15.0 Å². The van der Waals surface area contributed by atoms with Crippen LogP contribution in [0.4, 0.5) is 22.7 Å². The number of benzene rings is 6. The number of fused-ring (bicyclic) bond motifs is 5. The minimum atomic E-state index is 0.776. The van der Waals surface area contributed by atoms with E-state index < -0.39 is 0 Å². The number of para-hydroxylation sites is 2. The van der Waals surface area contributed by atoms with Crippen LogP contribution in [0.2, 0.25) is 0 Å². The summed E-state index contributed by atoms with van der Waals surface area (Å²) in [5.41, 5.74) is 13.9. The first kappa shape index (κ1) is 30.9. The fourth-order valence-corrected chi connectivity index (χ4v) is 9.63.